The van der Waals surface area contributed by atoms with Crippen molar-refractivity contribution in [3.63, 3.8) is 0 Å². The minimum Gasteiger partial charge on any atom is -0.492 e. The third-order valence-electron chi connectivity index (χ3n) is 5.96. The first-order valence-electron chi connectivity index (χ1n) is 12.2. The summed E-state index contributed by atoms with van der Waals surface area (Å²) in [5, 5.41) is 0.461. The van der Waals surface area contributed by atoms with Gasteiger partial charge in [0.15, 0.2) is 0 Å². The molecule has 3 rings (SSSR count). The zero-order chi connectivity index (χ0) is 27.0. The SMILES string of the molecule is CCOC(=O)C(CC)(OCC)C(=O)OCc1ccc(OCCn2c(=O)c3ccccc3n(C)c2=O)cc1. The van der Waals surface area contributed by atoms with Gasteiger partial charge in [-0.2, -0.15) is 0 Å². The van der Waals surface area contributed by atoms with Crippen molar-refractivity contribution in [3.05, 3.63) is 74.9 Å². The fraction of sp³-hybridized carbons (Fsp3) is 0.407. The summed E-state index contributed by atoms with van der Waals surface area (Å²) in [4.78, 5) is 50.5. The highest BCUT2D eigenvalue weighted by atomic mass is 16.6. The fourth-order valence-electron chi connectivity index (χ4n) is 3.95. The number of aromatic nitrogens is 2. The van der Waals surface area contributed by atoms with Gasteiger partial charge in [-0.15, -0.1) is 0 Å². The van der Waals surface area contributed by atoms with Crippen LogP contribution in [0.4, 0.5) is 0 Å². The van der Waals surface area contributed by atoms with Crippen LogP contribution < -0.4 is 16.0 Å². The molecule has 10 heteroatoms. The molecule has 1 heterocycles. The van der Waals surface area contributed by atoms with E-state index in [-0.39, 0.29) is 45.0 Å². The molecule has 0 aliphatic heterocycles. The number of benzene rings is 2. The zero-order valence-corrected chi connectivity index (χ0v) is 21.5. The smallest absolute Gasteiger partial charge is 0.350 e. The van der Waals surface area contributed by atoms with Crippen molar-refractivity contribution < 1.29 is 28.5 Å². The van der Waals surface area contributed by atoms with Gasteiger partial charge >= 0.3 is 17.6 Å². The molecule has 0 fully saturated rings. The van der Waals surface area contributed by atoms with Crippen LogP contribution in [-0.2, 0) is 44.0 Å². The van der Waals surface area contributed by atoms with Gasteiger partial charge in [-0.25, -0.2) is 14.4 Å². The average Bonchev–Trinajstić information content (AvgIpc) is 2.91. The van der Waals surface area contributed by atoms with E-state index in [1.807, 2.05) is 0 Å². The lowest BCUT2D eigenvalue weighted by Gasteiger charge is -2.27. The third-order valence-corrected chi connectivity index (χ3v) is 5.96. The Morgan fingerprint density at radius 2 is 1.57 bits per heavy atom. The number of hydrogen-bond acceptors (Lipinski definition) is 8. The van der Waals surface area contributed by atoms with Crippen LogP contribution in [0.1, 0.15) is 32.8 Å². The molecule has 0 saturated carbocycles. The molecular weight excluding hydrogens is 480 g/mol. The molecule has 0 N–H and O–H groups in total. The topological polar surface area (TPSA) is 115 Å². The van der Waals surface area contributed by atoms with Crippen LogP contribution >= 0.6 is 0 Å². The van der Waals surface area contributed by atoms with E-state index in [0.29, 0.717) is 22.2 Å². The maximum absolute atomic E-state index is 12.8. The van der Waals surface area contributed by atoms with Gasteiger partial charge in [-0.1, -0.05) is 31.2 Å². The predicted octanol–water partition coefficient (Wildman–Crippen LogP) is 2.57. The Morgan fingerprint density at radius 3 is 2.22 bits per heavy atom. The molecule has 3 aromatic rings. The number of rotatable bonds is 12. The Kier molecular flexibility index (Phi) is 9.24. The van der Waals surface area contributed by atoms with Gasteiger partial charge in [0.25, 0.3) is 11.2 Å². The number of aryl methyl sites for hydroxylation is 1. The Labute approximate surface area is 214 Å². The minimum absolute atomic E-state index is 0.0735. The summed E-state index contributed by atoms with van der Waals surface area (Å²) < 4.78 is 24.2. The molecule has 1 aromatic heterocycles. The highest BCUT2D eigenvalue weighted by molar-refractivity contribution is 6.03. The molecule has 10 nitrogen and oxygen atoms in total. The van der Waals surface area contributed by atoms with Crippen LogP contribution in [-0.4, -0.2) is 46.5 Å². The summed E-state index contributed by atoms with van der Waals surface area (Å²) in [6.45, 7) is 5.37. The predicted molar refractivity (Wildman–Crippen MR) is 136 cm³/mol. The molecular formula is C27H32N2O8. The van der Waals surface area contributed by atoms with E-state index in [0.717, 1.165) is 4.57 Å². The van der Waals surface area contributed by atoms with Gasteiger partial charge in [0.05, 0.1) is 24.1 Å². The maximum Gasteiger partial charge on any atom is 0.350 e. The minimum atomic E-state index is -1.80. The van der Waals surface area contributed by atoms with Gasteiger partial charge in [-0.05, 0) is 50.1 Å². The second kappa shape index (κ2) is 12.4. The van der Waals surface area contributed by atoms with Crippen molar-refractivity contribution in [1.82, 2.24) is 9.13 Å². The van der Waals surface area contributed by atoms with E-state index in [9.17, 15) is 19.2 Å². The average molecular weight is 513 g/mol. The standard InChI is InChI=1S/C27H32N2O8/c1-5-27(37-7-3,24(31)34-6-2)25(32)36-18-19-12-14-20(15-13-19)35-17-16-29-23(30)21-10-8-9-11-22(21)28(4)26(29)33/h8-15H,5-7,16-18H2,1-4H3. The molecule has 0 aliphatic rings. The third kappa shape index (κ3) is 5.91. The van der Waals surface area contributed by atoms with Crippen LogP contribution in [0.25, 0.3) is 10.9 Å². The summed E-state index contributed by atoms with van der Waals surface area (Å²) in [6.07, 6.45) is 0.0781. The first-order valence-corrected chi connectivity index (χ1v) is 12.2. The van der Waals surface area contributed by atoms with E-state index >= 15 is 0 Å². The number of esters is 2. The molecule has 0 bridgehead atoms. The zero-order valence-electron chi connectivity index (χ0n) is 21.5. The van der Waals surface area contributed by atoms with Crippen molar-refractivity contribution in [2.75, 3.05) is 19.8 Å². The van der Waals surface area contributed by atoms with Gasteiger partial charge in [-0.3, -0.25) is 13.9 Å². The van der Waals surface area contributed by atoms with Crippen molar-refractivity contribution in [1.29, 1.82) is 0 Å². The Balaban J connectivity index is 1.61. The largest absolute Gasteiger partial charge is 0.492 e. The summed E-state index contributed by atoms with van der Waals surface area (Å²) in [7, 11) is 1.62. The van der Waals surface area contributed by atoms with E-state index in [2.05, 4.69) is 0 Å². The number of carbonyl (C=O) groups is 2. The van der Waals surface area contributed by atoms with Crippen LogP contribution in [0.2, 0.25) is 0 Å². The number of para-hydroxylation sites is 1. The summed E-state index contributed by atoms with van der Waals surface area (Å²) in [5.74, 6) is -1.06. The Bertz CT molecular complexity index is 1360. The van der Waals surface area contributed by atoms with Crippen molar-refractivity contribution >= 4 is 22.8 Å². The molecule has 0 spiro atoms. The Morgan fingerprint density at radius 1 is 0.892 bits per heavy atom. The first-order chi connectivity index (χ1) is 17.8. The molecule has 0 radical (unpaired) electrons. The molecule has 0 aliphatic carbocycles. The number of nitrogens with zero attached hydrogens (tertiary/aromatic N) is 2. The number of fused-ring (bicyclic) bond motifs is 1. The van der Waals surface area contributed by atoms with Gasteiger partial charge < -0.3 is 18.9 Å². The van der Waals surface area contributed by atoms with E-state index in [4.69, 9.17) is 18.9 Å². The van der Waals surface area contributed by atoms with Crippen molar-refractivity contribution in [3.8, 4) is 5.75 Å². The molecule has 1 unspecified atom stereocenters. The number of hydrogen-bond donors (Lipinski definition) is 0. The normalized spacial score (nSPS) is 12.6. The number of ether oxygens (including phenoxy) is 4. The van der Waals surface area contributed by atoms with Gasteiger partial charge in [0.2, 0.25) is 0 Å². The molecule has 0 saturated heterocycles. The second-order valence-electron chi connectivity index (χ2n) is 8.22. The van der Waals surface area contributed by atoms with Crippen LogP contribution in [0.3, 0.4) is 0 Å². The van der Waals surface area contributed by atoms with Gasteiger partial charge in [0.1, 0.15) is 19.0 Å². The fourth-order valence-corrected chi connectivity index (χ4v) is 3.95. The first kappa shape index (κ1) is 27.7. The highest BCUT2D eigenvalue weighted by Crippen LogP contribution is 2.22. The van der Waals surface area contributed by atoms with Crippen LogP contribution in [0.15, 0.2) is 58.1 Å². The molecule has 0 amide bonds. The van der Waals surface area contributed by atoms with Crippen molar-refractivity contribution in [2.24, 2.45) is 7.05 Å². The lowest BCUT2D eigenvalue weighted by Crippen LogP contribution is -2.50. The van der Waals surface area contributed by atoms with Crippen LogP contribution in [0.5, 0.6) is 5.75 Å². The summed E-state index contributed by atoms with van der Waals surface area (Å²) in [6, 6.07) is 13.7. The monoisotopic (exact) mass is 512 g/mol. The second-order valence-corrected chi connectivity index (χ2v) is 8.22. The molecule has 37 heavy (non-hydrogen) atoms. The number of carbonyl (C=O) groups excluding carboxylic acids is 2. The van der Waals surface area contributed by atoms with Crippen LogP contribution in [0, 0.1) is 0 Å². The highest BCUT2D eigenvalue weighted by Gasteiger charge is 2.48. The molecule has 1 atom stereocenters. The lowest BCUT2D eigenvalue weighted by molar-refractivity contribution is -0.192. The Hall–Kier alpha value is -3.92. The lowest BCUT2D eigenvalue weighted by atomic mass is 10.0. The quantitative estimate of drug-likeness (QED) is 0.269. The molecule has 2 aromatic carbocycles. The van der Waals surface area contributed by atoms with E-state index in [1.54, 1.807) is 76.3 Å². The van der Waals surface area contributed by atoms with E-state index < -0.39 is 23.2 Å². The summed E-state index contributed by atoms with van der Waals surface area (Å²) >= 11 is 0. The summed E-state index contributed by atoms with van der Waals surface area (Å²) in [5.41, 5.74) is -1.33. The maximum atomic E-state index is 12.8. The molecule has 198 valence electrons. The van der Waals surface area contributed by atoms with Crippen molar-refractivity contribution in [2.45, 2.75) is 45.9 Å². The van der Waals surface area contributed by atoms with E-state index in [1.165, 1.54) is 4.57 Å². The van der Waals surface area contributed by atoms with Gasteiger partial charge in [0, 0.05) is 13.7 Å².